The van der Waals surface area contributed by atoms with Crippen LogP contribution in [0.2, 0.25) is 0 Å². The van der Waals surface area contributed by atoms with Gasteiger partial charge < -0.3 is 5.32 Å². The van der Waals surface area contributed by atoms with E-state index in [2.05, 4.69) is 23.2 Å². The predicted molar refractivity (Wildman–Crippen MR) is 39.5 cm³/mol. The van der Waals surface area contributed by atoms with Crippen molar-refractivity contribution < 1.29 is 0 Å². The van der Waals surface area contributed by atoms with Gasteiger partial charge in [0.05, 0.1) is 12.6 Å². The van der Waals surface area contributed by atoms with Gasteiger partial charge in [0, 0.05) is 25.7 Å². The zero-order valence-corrected chi connectivity index (χ0v) is 6.30. The number of nitrogens with one attached hydrogen (secondary N) is 1. The van der Waals surface area contributed by atoms with Gasteiger partial charge in [0.1, 0.15) is 0 Å². The molecule has 3 nitrogen and oxygen atoms in total. The van der Waals surface area contributed by atoms with Gasteiger partial charge in [-0.1, -0.05) is 0 Å². The lowest BCUT2D eigenvalue weighted by molar-refractivity contribution is 0.195. The minimum Gasteiger partial charge on any atom is -0.314 e. The quantitative estimate of drug-likeness (QED) is 0.511. The highest BCUT2D eigenvalue weighted by atomic mass is 15.2. The highest BCUT2D eigenvalue weighted by Crippen LogP contribution is 1.99. The molecule has 1 N–H and O–H groups in total. The van der Waals surface area contributed by atoms with Gasteiger partial charge >= 0.3 is 0 Å². The van der Waals surface area contributed by atoms with Crippen LogP contribution in [-0.2, 0) is 0 Å². The molecule has 0 saturated carbocycles. The van der Waals surface area contributed by atoms with Gasteiger partial charge in [0.15, 0.2) is 0 Å². The molecule has 1 heterocycles. The van der Waals surface area contributed by atoms with E-state index >= 15 is 0 Å². The molecule has 0 bridgehead atoms. The summed E-state index contributed by atoms with van der Waals surface area (Å²) in [7, 11) is 0. The minimum absolute atomic E-state index is 0.522. The number of nitriles is 1. The molecule has 0 unspecified atom stereocenters. The van der Waals surface area contributed by atoms with Crippen LogP contribution in [0, 0.1) is 11.3 Å². The Bertz CT molecular complexity index is 138. The first kappa shape index (κ1) is 7.52. The fourth-order valence-corrected chi connectivity index (χ4v) is 1.21. The molecule has 0 aromatic carbocycles. The summed E-state index contributed by atoms with van der Waals surface area (Å²) >= 11 is 0. The van der Waals surface area contributed by atoms with E-state index in [0.29, 0.717) is 12.6 Å². The Hall–Kier alpha value is -0.590. The number of piperazine rings is 1. The zero-order chi connectivity index (χ0) is 7.40. The van der Waals surface area contributed by atoms with Crippen LogP contribution in [0.4, 0.5) is 0 Å². The van der Waals surface area contributed by atoms with Crippen LogP contribution in [0.5, 0.6) is 0 Å². The van der Waals surface area contributed by atoms with Crippen molar-refractivity contribution in [1.29, 1.82) is 5.26 Å². The van der Waals surface area contributed by atoms with E-state index in [-0.39, 0.29) is 0 Å². The Balaban J connectivity index is 2.34. The average molecular weight is 139 g/mol. The van der Waals surface area contributed by atoms with Gasteiger partial charge in [-0.3, -0.25) is 4.90 Å². The maximum absolute atomic E-state index is 8.42. The largest absolute Gasteiger partial charge is 0.314 e. The Morgan fingerprint density at radius 3 is 3.20 bits per heavy atom. The van der Waals surface area contributed by atoms with Crippen molar-refractivity contribution in [3.63, 3.8) is 0 Å². The lowest BCUT2D eigenvalue weighted by atomic mass is 10.2. The topological polar surface area (TPSA) is 39.1 Å². The standard InChI is InChI=1S/C7H13N3/c1-7-6-9-3-5-10(7)4-2-8/h7,9H,3-6H2,1H3/t7-/m1/s1. The number of hydrogen-bond acceptors (Lipinski definition) is 3. The second-order valence-corrected chi connectivity index (χ2v) is 2.68. The van der Waals surface area contributed by atoms with Crippen LogP contribution < -0.4 is 5.32 Å². The van der Waals surface area contributed by atoms with E-state index in [0.717, 1.165) is 19.6 Å². The lowest BCUT2D eigenvalue weighted by Crippen LogP contribution is -2.49. The van der Waals surface area contributed by atoms with E-state index in [4.69, 9.17) is 5.26 Å². The summed E-state index contributed by atoms with van der Waals surface area (Å²) in [5, 5.41) is 11.7. The van der Waals surface area contributed by atoms with Crippen LogP contribution in [-0.4, -0.2) is 37.1 Å². The second-order valence-electron chi connectivity index (χ2n) is 2.68. The highest BCUT2D eigenvalue weighted by molar-refractivity contribution is 4.83. The van der Waals surface area contributed by atoms with Gasteiger partial charge in [0.2, 0.25) is 0 Å². The molecule has 10 heavy (non-hydrogen) atoms. The molecule has 3 heteroatoms. The van der Waals surface area contributed by atoms with Crippen LogP contribution in [0.25, 0.3) is 0 Å². The molecule has 0 amide bonds. The third kappa shape index (κ3) is 1.69. The second kappa shape index (κ2) is 3.55. The number of hydrogen-bond donors (Lipinski definition) is 1. The molecule has 1 saturated heterocycles. The van der Waals surface area contributed by atoms with Gasteiger partial charge in [-0.25, -0.2) is 0 Å². The molecule has 1 atom stereocenters. The van der Waals surface area contributed by atoms with Crippen molar-refractivity contribution >= 4 is 0 Å². The van der Waals surface area contributed by atoms with E-state index in [1.807, 2.05) is 0 Å². The summed E-state index contributed by atoms with van der Waals surface area (Å²) in [6.07, 6.45) is 0. The first-order valence-corrected chi connectivity index (χ1v) is 3.66. The summed E-state index contributed by atoms with van der Waals surface area (Å²) in [5.74, 6) is 0. The van der Waals surface area contributed by atoms with Crippen molar-refractivity contribution in [2.45, 2.75) is 13.0 Å². The summed E-state index contributed by atoms with van der Waals surface area (Å²) < 4.78 is 0. The Kier molecular flexibility index (Phi) is 2.67. The molecule has 1 aliphatic rings. The van der Waals surface area contributed by atoms with Crippen LogP contribution in [0.1, 0.15) is 6.92 Å². The van der Waals surface area contributed by atoms with E-state index < -0.39 is 0 Å². The molecule has 0 aromatic rings. The zero-order valence-electron chi connectivity index (χ0n) is 6.30. The molecular formula is C7H13N3. The van der Waals surface area contributed by atoms with Crippen molar-refractivity contribution in [2.75, 3.05) is 26.2 Å². The van der Waals surface area contributed by atoms with Gasteiger partial charge in [-0.15, -0.1) is 0 Å². The fraction of sp³-hybridized carbons (Fsp3) is 0.857. The summed E-state index contributed by atoms with van der Waals surface area (Å²) in [5.41, 5.74) is 0. The maximum Gasteiger partial charge on any atom is 0.0869 e. The maximum atomic E-state index is 8.42. The first-order valence-electron chi connectivity index (χ1n) is 3.66. The molecule has 56 valence electrons. The van der Waals surface area contributed by atoms with Gasteiger partial charge in [-0.05, 0) is 6.92 Å². The number of nitrogens with zero attached hydrogens (tertiary/aromatic N) is 2. The van der Waals surface area contributed by atoms with Crippen LogP contribution in [0.15, 0.2) is 0 Å². The third-order valence-electron chi connectivity index (χ3n) is 1.91. The molecule has 1 rings (SSSR count). The van der Waals surface area contributed by atoms with Gasteiger partial charge in [-0.2, -0.15) is 5.26 Å². The molecule has 1 aliphatic heterocycles. The van der Waals surface area contributed by atoms with Gasteiger partial charge in [0.25, 0.3) is 0 Å². The molecule has 0 radical (unpaired) electrons. The molecular weight excluding hydrogens is 126 g/mol. The average Bonchev–Trinajstić information content (AvgIpc) is 1.94. The predicted octanol–water partition coefficient (Wildman–Crippen LogP) is -0.196. The van der Waals surface area contributed by atoms with Crippen molar-refractivity contribution in [3.05, 3.63) is 0 Å². The van der Waals surface area contributed by atoms with E-state index in [1.54, 1.807) is 0 Å². The SMILES string of the molecule is C[C@@H]1CNCCN1CC#N. The van der Waals surface area contributed by atoms with Crippen molar-refractivity contribution in [1.82, 2.24) is 10.2 Å². The van der Waals surface area contributed by atoms with Crippen LogP contribution >= 0.6 is 0 Å². The monoisotopic (exact) mass is 139 g/mol. The van der Waals surface area contributed by atoms with Crippen molar-refractivity contribution in [3.8, 4) is 6.07 Å². The Morgan fingerprint density at radius 1 is 1.80 bits per heavy atom. The fourth-order valence-electron chi connectivity index (χ4n) is 1.21. The molecule has 0 aliphatic carbocycles. The summed E-state index contributed by atoms with van der Waals surface area (Å²) in [6, 6.07) is 2.69. The van der Waals surface area contributed by atoms with E-state index in [1.165, 1.54) is 0 Å². The Morgan fingerprint density at radius 2 is 2.60 bits per heavy atom. The minimum atomic E-state index is 0.522. The van der Waals surface area contributed by atoms with E-state index in [9.17, 15) is 0 Å². The Labute approximate surface area is 61.6 Å². The molecule has 0 spiro atoms. The summed E-state index contributed by atoms with van der Waals surface area (Å²) in [6.45, 7) is 5.76. The summed E-state index contributed by atoms with van der Waals surface area (Å²) in [4.78, 5) is 2.19. The number of rotatable bonds is 1. The molecule has 0 aromatic heterocycles. The lowest BCUT2D eigenvalue weighted by Gasteiger charge is -2.31. The van der Waals surface area contributed by atoms with Crippen molar-refractivity contribution in [2.24, 2.45) is 0 Å². The van der Waals surface area contributed by atoms with Crippen LogP contribution in [0.3, 0.4) is 0 Å². The first-order chi connectivity index (χ1) is 4.84. The third-order valence-corrected chi connectivity index (χ3v) is 1.91. The normalized spacial score (nSPS) is 27.8. The molecule has 1 fully saturated rings. The highest BCUT2D eigenvalue weighted by Gasteiger charge is 2.16. The smallest absolute Gasteiger partial charge is 0.0869 e.